The first kappa shape index (κ1) is 17.2. The summed E-state index contributed by atoms with van der Waals surface area (Å²) in [6, 6.07) is 10.8. The van der Waals surface area contributed by atoms with Gasteiger partial charge in [0.25, 0.3) is 0 Å². The second-order valence-electron chi connectivity index (χ2n) is 6.43. The van der Waals surface area contributed by atoms with E-state index in [0.717, 1.165) is 29.7 Å². The lowest BCUT2D eigenvalue weighted by molar-refractivity contribution is -0.130. The van der Waals surface area contributed by atoms with Crippen molar-refractivity contribution >= 4 is 27.1 Å². The van der Waals surface area contributed by atoms with Crippen LogP contribution in [0, 0.1) is 6.92 Å². The molecule has 0 radical (unpaired) electrons. The van der Waals surface area contributed by atoms with Crippen molar-refractivity contribution in [2.75, 3.05) is 6.26 Å². The zero-order valence-electron chi connectivity index (χ0n) is 13.8. The number of nitrogens with one attached hydrogen (secondary N) is 1. The third-order valence-corrected chi connectivity index (χ3v) is 6.83. The summed E-state index contributed by atoms with van der Waals surface area (Å²) in [7, 11) is -3.22. The number of aryl methyl sites for hydroxylation is 1. The van der Waals surface area contributed by atoms with E-state index in [1.54, 1.807) is 35.6 Å². The number of rotatable bonds is 5. The van der Waals surface area contributed by atoms with E-state index in [2.05, 4.69) is 11.4 Å². The molecule has 24 heavy (non-hydrogen) atoms. The van der Waals surface area contributed by atoms with Gasteiger partial charge in [-0.25, -0.2) is 8.42 Å². The van der Waals surface area contributed by atoms with Crippen molar-refractivity contribution in [2.24, 2.45) is 0 Å². The van der Waals surface area contributed by atoms with Gasteiger partial charge in [-0.15, -0.1) is 11.3 Å². The summed E-state index contributed by atoms with van der Waals surface area (Å²) in [4.78, 5) is 15.4. The van der Waals surface area contributed by atoms with E-state index in [4.69, 9.17) is 0 Å². The quantitative estimate of drug-likeness (QED) is 0.887. The molecule has 0 saturated heterocycles. The number of thiophene rings is 1. The van der Waals surface area contributed by atoms with Crippen molar-refractivity contribution in [3.05, 3.63) is 51.7 Å². The molecule has 2 aromatic rings. The molecule has 1 N–H and O–H groups in total. The molecule has 1 amide bonds. The molecule has 4 nitrogen and oxygen atoms in total. The van der Waals surface area contributed by atoms with Crippen LogP contribution in [0.25, 0.3) is 0 Å². The second kappa shape index (κ2) is 6.33. The van der Waals surface area contributed by atoms with Crippen LogP contribution in [0.2, 0.25) is 0 Å². The van der Waals surface area contributed by atoms with Crippen LogP contribution >= 0.6 is 11.3 Å². The van der Waals surface area contributed by atoms with Gasteiger partial charge in [0.2, 0.25) is 5.91 Å². The molecule has 128 valence electrons. The summed E-state index contributed by atoms with van der Waals surface area (Å²) in [5.41, 5.74) is 0.392. The summed E-state index contributed by atoms with van der Waals surface area (Å²) < 4.78 is 23.2. The van der Waals surface area contributed by atoms with E-state index in [0.29, 0.717) is 6.54 Å². The second-order valence-corrected chi connectivity index (χ2v) is 9.82. The Labute approximate surface area is 146 Å². The number of hydrogen-bond donors (Lipinski definition) is 1. The molecular formula is C18H21NO3S2. The maximum absolute atomic E-state index is 12.8. The first-order valence-electron chi connectivity index (χ1n) is 7.95. The van der Waals surface area contributed by atoms with Crippen molar-refractivity contribution in [1.29, 1.82) is 0 Å². The van der Waals surface area contributed by atoms with E-state index in [9.17, 15) is 13.2 Å². The van der Waals surface area contributed by atoms with Crippen LogP contribution in [0.1, 0.15) is 34.6 Å². The van der Waals surface area contributed by atoms with Gasteiger partial charge < -0.3 is 5.32 Å². The summed E-state index contributed by atoms with van der Waals surface area (Å²) in [5, 5.41) is 3.05. The van der Waals surface area contributed by atoms with Gasteiger partial charge in [-0.2, -0.15) is 0 Å². The predicted molar refractivity (Wildman–Crippen MR) is 96.0 cm³/mol. The summed E-state index contributed by atoms with van der Waals surface area (Å²) in [6.07, 6.45) is 3.82. The van der Waals surface area contributed by atoms with Crippen LogP contribution in [-0.4, -0.2) is 20.6 Å². The molecule has 3 rings (SSSR count). The molecule has 0 unspecified atom stereocenters. The van der Waals surface area contributed by atoms with Crippen LogP contribution in [0.15, 0.2) is 41.3 Å². The molecule has 0 aliphatic heterocycles. The summed E-state index contributed by atoms with van der Waals surface area (Å²) >= 11 is 1.69. The number of hydrogen-bond acceptors (Lipinski definition) is 4. The first-order chi connectivity index (χ1) is 11.3. The molecule has 0 bridgehead atoms. The minimum Gasteiger partial charge on any atom is -0.350 e. The average Bonchev–Trinajstić information content (AvgIpc) is 2.89. The SMILES string of the molecule is Cc1ccc(CNC(=O)C2(c3ccc(S(C)(=O)=O)cc3)CCC2)s1. The van der Waals surface area contributed by atoms with E-state index < -0.39 is 15.3 Å². The Morgan fingerprint density at radius 1 is 1.17 bits per heavy atom. The van der Waals surface area contributed by atoms with Gasteiger partial charge in [0.15, 0.2) is 9.84 Å². The fourth-order valence-electron chi connectivity index (χ4n) is 3.12. The van der Waals surface area contributed by atoms with Gasteiger partial charge in [0, 0.05) is 16.0 Å². The Bertz CT molecular complexity index is 847. The highest BCUT2D eigenvalue weighted by Gasteiger charge is 2.45. The fourth-order valence-corrected chi connectivity index (χ4v) is 4.58. The molecule has 0 atom stereocenters. The Kier molecular flexibility index (Phi) is 4.53. The van der Waals surface area contributed by atoms with Crippen LogP contribution < -0.4 is 5.32 Å². The van der Waals surface area contributed by atoms with Gasteiger partial charge in [0.1, 0.15) is 0 Å². The third kappa shape index (κ3) is 3.26. The van der Waals surface area contributed by atoms with Crippen molar-refractivity contribution < 1.29 is 13.2 Å². The van der Waals surface area contributed by atoms with Gasteiger partial charge in [-0.1, -0.05) is 18.6 Å². The van der Waals surface area contributed by atoms with E-state index in [-0.39, 0.29) is 10.8 Å². The van der Waals surface area contributed by atoms with Gasteiger partial charge in [-0.3, -0.25) is 4.79 Å². The lowest BCUT2D eigenvalue weighted by Gasteiger charge is -2.40. The Hall–Kier alpha value is -1.66. The molecule has 1 saturated carbocycles. The molecular weight excluding hydrogens is 342 g/mol. The normalized spacial score (nSPS) is 16.4. The maximum Gasteiger partial charge on any atom is 0.230 e. The Balaban J connectivity index is 1.77. The Morgan fingerprint density at radius 3 is 2.29 bits per heavy atom. The van der Waals surface area contributed by atoms with Crippen molar-refractivity contribution in [3.8, 4) is 0 Å². The van der Waals surface area contributed by atoms with Gasteiger partial charge >= 0.3 is 0 Å². The number of amides is 1. The molecule has 1 aromatic carbocycles. The number of carbonyl (C=O) groups is 1. The lowest BCUT2D eigenvalue weighted by atomic mass is 9.64. The zero-order chi connectivity index (χ0) is 17.4. The maximum atomic E-state index is 12.8. The number of benzene rings is 1. The van der Waals surface area contributed by atoms with Crippen LogP contribution in [0.3, 0.4) is 0 Å². The number of carbonyl (C=O) groups excluding carboxylic acids is 1. The molecule has 1 aliphatic rings. The standard InChI is InChI=1S/C18H21NO3S2/c1-13-4-7-15(23-13)12-19-17(20)18(10-3-11-18)14-5-8-16(9-6-14)24(2,21)22/h4-9H,3,10-12H2,1-2H3,(H,19,20). The van der Waals surface area contributed by atoms with E-state index >= 15 is 0 Å². The minimum absolute atomic E-state index is 0.0342. The lowest BCUT2D eigenvalue weighted by Crippen LogP contribution is -2.48. The highest BCUT2D eigenvalue weighted by Crippen LogP contribution is 2.44. The molecule has 1 aromatic heterocycles. The van der Waals surface area contributed by atoms with Crippen molar-refractivity contribution in [3.63, 3.8) is 0 Å². The zero-order valence-corrected chi connectivity index (χ0v) is 15.5. The van der Waals surface area contributed by atoms with E-state index in [1.807, 2.05) is 13.0 Å². The van der Waals surface area contributed by atoms with Crippen molar-refractivity contribution in [2.45, 2.75) is 43.0 Å². The molecule has 1 fully saturated rings. The summed E-state index contributed by atoms with van der Waals surface area (Å²) in [5.74, 6) is 0.0342. The highest BCUT2D eigenvalue weighted by molar-refractivity contribution is 7.90. The predicted octanol–water partition coefficient (Wildman–Crippen LogP) is 3.20. The molecule has 1 heterocycles. The number of sulfone groups is 1. The van der Waals surface area contributed by atoms with Gasteiger partial charge in [0.05, 0.1) is 16.9 Å². The highest BCUT2D eigenvalue weighted by atomic mass is 32.2. The smallest absolute Gasteiger partial charge is 0.230 e. The minimum atomic E-state index is -3.22. The van der Waals surface area contributed by atoms with Crippen LogP contribution in [0.5, 0.6) is 0 Å². The van der Waals surface area contributed by atoms with Crippen LogP contribution in [0.4, 0.5) is 0 Å². The van der Waals surface area contributed by atoms with E-state index in [1.165, 1.54) is 11.1 Å². The Morgan fingerprint density at radius 2 is 1.83 bits per heavy atom. The average molecular weight is 364 g/mol. The fraction of sp³-hybridized carbons (Fsp3) is 0.389. The molecule has 0 spiro atoms. The topological polar surface area (TPSA) is 63.2 Å². The monoisotopic (exact) mass is 363 g/mol. The molecule has 6 heteroatoms. The first-order valence-corrected chi connectivity index (χ1v) is 10.7. The molecule has 1 aliphatic carbocycles. The largest absolute Gasteiger partial charge is 0.350 e. The van der Waals surface area contributed by atoms with Crippen LogP contribution in [-0.2, 0) is 26.6 Å². The summed E-state index contributed by atoms with van der Waals surface area (Å²) in [6.45, 7) is 2.59. The third-order valence-electron chi connectivity index (χ3n) is 4.70. The van der Waals surface area contributed by atoms with Gasteiger partial charge in [-0.05, 0) is 49.6 Å². The van der Waals surface area contributed by atoms with Crippen molar-refractivity contribution in [1.82, 2.24) is 5.32 Å².